The number of aromatic nitrogens is 4. The zero-order valence-corrected chi connectivity index (χ0v) is 13.6. The molecule has 24 heavy (non-hydrogen) atoms. The molecule has 2 N–H and O–H groups in total. The molecule has 0 aliphatic heterocycles. The first kappa shape index (κ1) is 13.2. The van der Waals surface area contributed by atoms with E-state index in [1.165, 1.54) is 13.8 Å². The molecule has 0 unspecified atom stereocenters. The molecule has 10 heteroatoms. The van der Waals surface area contributed by atoms with Crippen molar-refractivity contribution in [2.24, 2.45) is 0 Å². The van der Waals surface area contributed by atoms with E-state index in [-0.39, 0.29) is 28.7 Å². The normalized spacial score (nSPS) is 17.1. The molecule has 0 amide bonds. The van der Waals surface area contributed by atoms with Crippen molar-refractivity contribution < 1.29 is 18.7 Å². The van der Waals surface area contributed by atoms with E-state index in [4.69, 9.17) is 17.1 Å². The average Bonchev–Trinajstić information content (AvgIpc) is 2.47. The number of pyridine rings is 1. The highest BCUT2D eigenvalue weighted by atomic mass is 35.5. The van der Waals surface area contributed by atoms with E-state index in [0.29, 0.717) is 6.92 Å². The SMILES string of the molecule is [2H]c1cc(Cl)nc(-c2nc(NC([2H])(C)C)nc(N[C@]([2H])(C)C(F)(F)F)n2)c1[2H]. The van der Waals surface area contributed by atoms with Gasteiger partial charge in [0.25, 0.3) is 0 Å². The van der Waals surface area contributed by atoms with Crippen LogP contribution in [0.15, 0.2) is 18.2 Å². The molecule has 0 saturated heterocycles. The summed E-state index contributed by atoms with van der Waals surface area (Å²) in [7, 11) is 0. The van der Waals surface area contributed by atoms with Crippen LogP contribution in [0.4, 0.5) is 25.1 Å². The molecule has 1 atom stereocenters. The van der Waals surface area contributed by atoms with Crippen LogP contribution in [0.3, 0.4) is 0 Å². The topological polar surface area (TPSA) is 75.6 Å². The minimum absolute atomic E-state index is 0.137. The Morgan fingerprint density at radius 3 is 2.33 bits per heavy atom. The van der Waals surface area contributed by atoms with Crippen molar-refractivity contribution in [3.63, 3.8) is 0 Å². The second kappa shape index (κ2) is 7.16. The molecular weight excluding hydrogens is 345 g/mol. The molecule has 0 aliphatic rings. The molecule has 0 radical (unpaired) electrons. The van der Waals surface area contributed by atoms with Crippen molar-refractivity contribution in [2.45, 2.75) is 39.0 Å². The van der Waals surface area contributed by atoms with Crippen LogP contribution in [-0.4, -0.2) is 38.1 Å². The number of hydrogen-bond acceptors (Lipinski definition) is 6. The fourth-order valence-electron chi connectivity index (χ4n) is 1.49. The molecule has 2 aromatic heterocycles. The molecule has 0 fully saturated rings. The predicted octanol–water partition coefficient (Wildman–Crippen LogP) is 3.77. The Morgan fingerprint density at radius 1 is 1.12 bits per heavy atom. The summed E-state index contributed by atoms with van der Waals surface area (Å²) in [6.45, 7) is 3.47. The Balaban J connectivity index is 2.62. The predicted molar refractivity (Wildman–Crippen MR) is 86.0 cm³/mol. The van der Waals surface area contributed by atoms with Crippen LogP contribution < -0.4 is 10.6 Å². The van der Waals surface area contributed by atoms with Gasteiger partial charge in [-0.1, -0.05) is 17.6 Å². The van der Waals surface area contributed by atoms with Gasteiger partial charge in [-0.15, -0.1) is 0 Å². The fourth-order valence-corrected chi connectivity index (χ4v) is 1.63. The Morgan fingerprint density at radius 2 is 1.75 bits per heavy atom. The van der Waals surface area contributed by atoms with Gasteiger partial charge in [-0.3, -0.25) is 0 Å². The summed E-state index contributed by atoms with van der Waals surface area (Å²) in [6, 6.07) is -3.99. The first-order valence-electron chi connectivity index (χ1n) is 8.62. The third-order valence-corrected chi connectivity index (χ3v) is 2.73. The van der Waals surface area contributed by atoms with Gasteiger partial charge < -0.3 is 10.6 Å². The van der Waals surface area contributed by atoms with E-state index in [9.17, 15) is 13.2 Å². The molecule has 0 aromatic carbocycles. The molecule has 2 rings (SSSR count). The van der Waals surface area contributed by atoms with Gasteiger partial charge in [0.15, 0.2) is 5.82 Å². The van der Waals surface area contributed by atoms with Crippen LogP contribution >= 0.6 is 11.6 Å². The first-order chi connectivity index (χ1) is 12.6. The lowest BCUT2D eigenvalue weighted by atomic mass is 10.3. The lowest BCUT2D eigenvalue weighted by Gasteiger charge is -2.18. The second-order valence-corrected chi connectivity index (χ2v) is 5.26. The molecule has 6 nitrogen and oxygen atoms in total. The number of nitrogens with one attached hydrogen (secondary N) is 2. The highest BCUT2D eigenvalue weighted by Crippen LogP contribution is 2.24. The number of rotatable bonds is 5. The summed E-state index contributed by atoms with van der Waals surface area (Å²) < 4.78 is 70.0. The van der Waals surface area contributed by atoms with Crippen LogP contribution in [0.1, 0.15) is 26.3 Å². The summed E-state index contributed by atoms with van der Waals surface area (Å²) in [4.78, 5) is 15.4. The third-order valence-electron chi connectivity index (χ3n) is 2.53. The summed E-state index contributed by atoms with van der Waals surface area (Å²) in [5.74, 6) is -1.25. The maximum atomic E-state index is 13.0. The Hall–Kier alpha value is -2.16. The fraction of sp³-hybridized carbons (Fsp3) is 0.429. The molecule has 0 spiro atoms. The van der Waals surface area contributed by atoms with Crippen LogP contribution in [0, 0.1) is 0 Å². The minimum atomic E-state index is -4.94. The average molecular weight is 365 g/mol. The second-order valence-electron chi connectivity index (χ2n) is 4.88. The number of halogens is 4. The van der Waals surface area contributed by atoms with Gasteiger partial charge in [0, 0.05) is 6.02 Å². The quantitative estimate of drug-likeness (QED) is 0.786. The zero-order valence-electron chi connectivity index (χ0n) is 16.9. The van der Waals surface area contributed by atoms with Gasteiger partial charge >= 0.3 is 6.18 Å². The largest absolute Gasteiger partial charge is 0.408 e. The third kappa shape index (κ3) is 4.92. The van der Waals surface area contributed by atoms with Gasteiger partial charge in [-0.25, -0.2) is 4.98 Å². The highest BCUT2D eigenvalue weighted by molar-refractivity contribution is 6.29. The summed E-state index contributed by atoms with van der Waals surface area (Å²) in [5.41, 5.74) is -0.257. The van der Waals surface area contributed by atoms with Gasteiger partial charge in [-0.2, -0.15) is 28.1 Å². The highest BCUT2D eigenvalue weighted by Gasteiger charge is 2.36. The Labute approximate surface area is 147 Å². The zero-order chi connectivity index (χ0) is 21.5. The van der Waals surface area contributed by atoms with Crippen LogP contribution in [0.25, 0.3) is 11.5 Å². The maximum Gasteiger partial charge on any atom is 0.408 e. The lowest BCUT2D eigenvalue weighted by molar-refractivity contribution is -0.138. The Kier molecular flexibility index (Phi) is 3.93. The summed E-state index contributed by atoms with van der Waals surface area (Å²) in [5, 5.41) is 4.27. The molecule has 130 valence electrons. The molecule has 0 aliphatic carbocycles. The van der Waals surface area contributed by atoms with Crippen molar-refractivity contribution in [1.82, 2.24) is 19.9 Å². The summed E-state index contributed by atoms with van der Waals surface area (Å²) >= 11 is 5.80. The van der Waals surface area contributed by atoms with Gasteiger partial charge in [-0.05, 0) is 32.9 Å². The number of anilines is 2. The van der Waals surface area contributed by atoms with Gasteiger partial charge in [0.2, 0.25) is 11.9 Å². The molecule has 2 aromatic rings. The maximum absolute atomic E-state index is 13.0. The molecule has 0 bridgehead atoms. The van der Waals surface area contributed by atoms with Crippen LogP contribution in [0.2, 0.25) is 5.15 Å². The van der Waals surface area contributed by atoms with E-state index in [1.54, 1.807) is 0 Å². The van der Waals surface area contributed by atoms with E-state index in [2.05, 4.69) is 25.3 Å². The van der Waals surface area contributed by atoms with E-state index < -0.39 is 30.2 Å². The van der Waals surface area contributed by atoms with E-state index >= 15 is 0 Å². The smallest absolute Gasteiger partial charge is 0.352 e. The lowest BCUT2D eigenvalue weighted by Crippen LogP contribution is -2.34. The van der Waals surface area contributed by atoms with Crippen molar-refractivity contribution in [2.75, 3.05) is 10.6 Å². The molecule has 2 heterocycles. The monoisotopic (exact) mass is 364 g/mol. The van der Waals surface area contributed by atoms with Crippen molar-refractivity contribution in [3.05, 3.63) is 23.3 Å². The van der Waals surface area contributed by atoms with Gasteiger partial charge in [0.05, 0.1) is 5.48 Å². The number of alkyl halides is 3. The number of hydrogen-bond donors (Lipinski definition) is 2. The number of nitrogens with zero attached hydrogens (tertiary/aromatic N) is 4. The van der Waals surface area contributed by atoms with Crippen molar-refractivity contribution >= 4 is 23.5 Å². The van der Waals surface area contributed by atoms with E-state index in [1.807, 2.05) is 5.32 Å². The van der Waals surface area contributed by atoms with Crippen molar-refractivity contribution in [1.29, 1.82) is 0 Å². The molecule has 0 saturated carbocycles. The van der Waals surface area contributed by atoms with Gasteiger partial charge in [0.1, 0.15) is 16.9 Å². The molecular formula is C14H16ClF3N6. The van der Waals surface area contributed by atoms with Crippen molar-refractivity contribution in [3.8, 4) is 11.5 Å². The van der Waals surface area contributed by atoms with E-state index in [0.717, 1.165) is 6.07 Å². The van der Waals surface area contributed by atoms with Crippen LogP contribution in [-0.2, 0) is 0 Å². The first-order valence-corrected chi connectivity index (χ1v) is 7.00. The van der Waals surface area contributed by atoms with Crippen LogP contribution in [0.5, 0.6) is 0 Å². The standard InChI is InChI=1S/C14H16ClF3N6/c1-7(2)19-12-22-11(9-5-4-6-10(15)21-9)23-13(24-12)20-8(3)14(16,17)18/h4-8H,1-3H3,(H2,19,20,22,23,24)/t8-/m1/s1/i4D,5D,7D,8D. The summed E-state index contributed by atoms with van der Waals surface area (Å²) in [6.07, 6.45) is -4.94. The Bertz CT molecular complexity index is 889. The minimum Gasteiger partial charge on any atom is -0.352 e.